The first kappa shape index (κ1) is 20.6. The van der Waals surface area contributed by atoms with Gasteiger partial charge in [0.15, 0.2) is 5.13 Å². The minimum absolute atomic E-state index is 0.0119. The summed E-state index contributed by atoms with van der Waals surface area (Å²) in [7, 11) is 1.54. The largest absolute Gasteiger partial charge is 0.507 e. The summed E-state index contributed by atoms with van der Waals surface area (Å²) < 4.78 is 10.8. The van der Waals surface area contributed by atoms with Crippen LogP contribution in [0.2, 0.25) is 0 Å². The number of ether oxygens (including phenoxy) is 2. The number of hydrogen-bond donors (Lipinski definition) is 1. The minimum atomic E-state index is -0.850. The molecule has 158 valence electrons. The lowest BCUT2D eigenvalue weighted by Crippen LogP contribution is -2.29. The monoisotopic (exact) mass is 436 g/mol. The summed E-state index contributed by atoms with van der Waals surface area (Å²) >= 11 is 1.24. The molecule has 0 saturated carbocycles. The summed E-state index contributed by atoms with van der Waals surface area (Å²) in [5, 5.41) is 13.2. The van der Waals surface area contributed by atoms with Crippen LogP contribution in [0.3, 0.4) is 0 Å². The zero-order chi connectivity index (χ0) is 22.0. The predicted octanol–water partition coefficient (Wildman–Crippen LogP) is 4.18. The number of carbonyl (C=O) groups is 2. The third kappa shape index (κ3) is 3.77. The van der Waals surface area contributed by atoms with Gasteiger partial charge in [-0.05, 0) is 36.8 Å². The molecule has 0 spiro atoms. The first-order valence-electron chi connectivity index (χ1n) is 9.62. The second-order valence-corrected chi connectivity index (χ2v) is 7.59. The van der Waals surface area contributed by atoms with Gasteiger partial charge in [0.25, 0.3) is 5.78 Å². The summed E-state index contributed by atoms with van der Waals surface area (Å²) in [5.41, 5.74) is 0.995. The molecule has 1 saturated heterocycles. The highest BCUT2D eigenvalue weighted by Gasteiger charge is 2.48. The lowest BCUT2D eigenvalue weighted by molar-refractivity contribution is -0.132. The van der Waals surface area contributed by atoms with E-state index in [2.05, 4.69) is 4.98 Å². The fourth-order valence-corrected chi connectivity index (χ4v) is 4.21. The molecule has 1 aliphatic rings. The number of nitrogens with zero attached hydrogens (tertiary/aromatic N) is 2. The van der Waals surface area contributed by atoms with Crippen LogP contribution >= 0.6 is 11.3 Å². The van der Waals surface area contributed by atoms with Crippen LogP contribution in [0.1, 0.15) is 24.1 Å². The maximum atomic E-state index is 13.1. The maximum Gasteiger partial charge on any atom is 0.301 e. The summed E-state index contributed by atoms with van der Waals surface area (Å²) in [6.45, 7) is 2.32. The normalized spacial score (nSPS) is 17.7. The van der Waals surface area contributed by atoms with Gasteiger partial charge in [-0.1, -0.05) is 24.3 Å². The van der Waals surface area contributed by atoms with Crippen LogP contribution in [-0.4, -0.2) is 35.5 Å². The van der Waals surface area contributed by atoms with Crippen molar-refractivity contribution < 1.29 is 24.2 Å². The molecular weight excluding hydrogens is 416 g/mol. The molecule has 31 heavy (non-hydrogen) atoms. The van der Waals surface area contributed by atoms with Gasteiger partial charge in [0.05, 0.1) is 25.3 Å². The van der Waals surface area contributed by atoms with Crippen LogP contribution in [0, 0.1) is 0 Å². The highest BCUT2D eigenvalue weighted by atomic mass is 32.1. The molecule has 4 rings (SSSR count). The van der Waals surface area contributed by atoms with E-state index in [0.717, 1.165) is 0 Å². The number of ketones is 1. The smallest absolute Gasteiger partial charge is 0.301 e. The van der Waals surface area contributed by atoms with Crippen molar-refractivity contribution in [2.75, 3.05) is 18.6 Å². The number of rotatable bonds is 6. The fourth-order valence-electron chi connectivity index (χ4n) is 3.55. The molecule has 1 aliphatic heterocycles. The average molecular weight is 436 g/mol. The number of carbonyl (C=O) groups excluding carboxylic acids is 2. The van der Waals surface area contributed by atoms with Crippen molar-refractivity contribution in [2.45, 2.75) is 13.0 Å². The van der Waals surface area contributed by atoms with E-state index in [1.54, 1.807) is 60.1 Å². The van der Waals surface area contributed by atoms with Crippen LogP contribution in [0.5, 0.6) is 11.5 Å². The van der Waals surface area contributed by atoms with Crippen LogP contribution < -0.4 is 14.4 Å². The maximum absolute atomic E-state index is 13.1. The van der Waals surface area contributed by atoms with Crippen molar-refractivity contribution in [3.63, 3.8) is 0 Å². The third-order valence-corrected chi connectivity index (χ3v) is 5.67. The number of hydrogen-bond acceptors (Lipinski definition) is 7. The summed E-state index contributed by atoms with van der Waals surface area (Å²) in [6.07, 6.45) is 1.56. The Balaban J connectivity index is 1.92. The molecule has 2 heterocycles. The SMILES string of the molecule is CCOc1cccc(C(O)=C2C(=O)C(=O)N(c3nccs3)C2c2cccc(OC)c2)c1. The Kier molecular flexibility index (Phi) is 5.73. The topological polar surface area (TPSA) is 89.0 Å². The number of aromatic nitrogens is 1. The zero-order valence-corrected chi connectivity index (χ0v) is 17.8. The molecule has 2 aromatic carbocycles. The molecule has 0 aliphatic carbocycles. The molecule has 1 atom stereocenters. The van der Waals surface area contributed by atoms with Gasteiger partial charge in [-0.2, -0.15) is 0 Å². The molecule has 3 aromatic rings. The Morgan fingerprint density at radius 2 is 1.94 bits per heavy atom. The Labute approximate surface area is 183 Å². The predicted molar refractivity (Wildman–Crippen MR) is 118 cm³/mol. The molecule has 1 N–H and O–H groups in total. The Morgan fingerprint density at radius 1 is 1.16 bits per heavy atom. The lowest BCUT2D eigenvalue weighted by atomic mass is 9.95. The van der Waals surface area contributed by atoms with E-state index in [1.807, 2.05) is 6.92 Å². The van der Waals surface area contributed by atoms with E-state index in [1.165, 1.54) is 23.3 Å². The first-order valence-corrected chi connectivity index (χ1v) is 10.5. The van der Waals surface area contributed by atoms with E-state index in [4.69, 9.17) is 9.47 Å². The van der Waals surface area contributed by atoms with E-state index < -0.39 is 17.7 Å². The Hall–Kier alpha value is -3.65. The summed E-state index contributed by atoms with van der Waals surface area (Å²) in [6, 6.07) is 13.0. The van der Waals surface area contributed by atoms with Crippen molar-refractivity contribution in [1.29, 1.82) is 0 Å². The second-order valence-electron chi connectivity index (χ2n) is 6.72. The third-order valence-electron chi connectivity index (χ3n) is 4.90. The van der Waals surface area contributed by atoms with Gasteiger partial charge in [-0.25, -0.2) is 4.98 Å². The number of thiazole rings is 1. The number of Topliss-reactive ketones (excluding diaryl/α,β-unsaturated/α-hetero) is 1. The van der Waals surface area contributed by atoms with Crippen LogP contribution in [-0.2, 0) is 9.59 Å². The van der Waals surface area contributed by atoms with Crippen molar-refractivity contribution in [3.05, 3.63) is 76.8 Å². The number of anilines is 1. The van der Waals surface area contributed by atoms with Gasteiger partial charge in [0, 0.05) is 17.1 Å². The average Bonchev–Trinajstić information content (AvgIpc) is 3.40. The molecule has 0 bridgehead atoms. The number of aliphatic hydroxyl groups excluding tert-OH is 1. The Bertz CT molecular complexity index is 1160. The molecule has 1 unspecified atom stereocenters. The zero-order valence-electron chi connectivity index (χ0n) is 16.9. The highest BCUT2D eigenvalue weighted by Crippen LogP contribution is 2.43. The molecular formula is C23H20N2O5S. The van der Waals surface area contributed by atoms with Crippen molar-refractivity contribution >= 4 is 33.9 Å². The van der Waals surface area contributed by atoms with E-state index in [0.29, 0.717) is 34.4 Å². The van der Waals surface area contributed by atoms with Gasteiger partial charge in [0.1, 0.15) is 17.3 Å². The Morgan fingerprint density at radius 3 is 2.65 bits per heavy atom. The van der Waals surface area contributed by atoms with Gasteiger partial charge in [0.2, 0.25) is 0 Å². The quantitative estimate of drug-likeness (QED) is 0.354. The summed E-state index contributed by atoms with van der Waals surface area (Å²) in [5.74, 6) is -0.668. The van der Waals surface area contributed by atoms with Crippen molar-refractivity contribution in [3.8, 4) is 11.5 Å². The lowest BCUT2D eigenvalue weighted by Gasteiger charge is -2.23. The highest BCUT2D eigenvalue weighted by molar-refractivity contribution is 7.14. The van der Waals surface area contributed by atoms with Crippen LogP contribution in [0.4, 0.5) is 5.13 Å². The number of aliphatic hydroxyl groups is 1. The van der Waals surface area contributed by atoms with Crippen molar-refractivity contribution in [2.24, 2.45) is 0 Å². The second kappa shape index (κ2) is 8.61. The number of amides is 1. The van der Waals surface area contributed by atoms with E-state index in [9.17, 15) is 14.7 Å². The van der Waals surface area contributed by atoms with E-state index in [-0.39, 0.29) is 11.3 Å². The minimum Gasteiger partial charge on any atom is -0.507 e. The summed E-state index contributed by atoms with van der Waals surface area (Å²) in [4.78, 5) is 31.6. The number of methoxy groups -OCH3 is 1. The molecule has 8 heteroatoms. The van der Waals surface area contributed by atoms with Crippen LogP contribution in [0.25, 0.3) is 5.76 Å². The van der Waals surface area contributed by atoms with Gasteiger partial charge >= 0.3 is 5.91 Å². The van der Waals surface area contributed by atoms with Gasteiger partial charge < -0.3 is 14.6 Å². The molecule has 1 aromatic heterocycles. The number of benzene rings is 2. The fraction of sp³-hybridized carbons (Fsp3) is 0.174. The van der Waals surface area contributed by atoms with Crippen LogP contribution in [0.15, 0.2) is 65.7 Å². The van der Waals surface area contributed by atoms with Crippen molar-refractivity contribution in [1.82, 2.24) is 4.98 Å². The standard InChI is InChI=1S/C23H20N2O5S/c1-3-30-17-9-5-7-15(13-17)20(26)18-19(14-6-4-8-16(12-14)29-2)25(22(28)21(18)27)23-24-10-11-31-23/h4-13,19,26H,3H2,1-2H3. The molecule has 0 radical (unpaired) electrons. The molecule has 7 nitrogen and oxygen atoms in total. The van der Waals surface area contributed by atoms with E-state index >= 15 is 0 Å². The van der Waals surface area contributed by atoms with Gasteiger partial charge in [-0.15, -0.1) is 11.3 Å². The molecule has 1 fully saturated rings. The molecule has 1 amide bonds. The first-order chi connectivity index (χ1) is 15.0. The van der Waals surface area contributed by atoms with Gasteiger partial charge in [-0.3, -0.25) is 14.5 Å².